The Labute approximate surface area is 134 Å². The van der Waals surface area contributed by atoms with Crippen LogP contribution >= 0.6 is 15.9 Å². The van der Waals surface area contributed by atoms with E-state index in [4.69, 9.17) is 4.74 Å². The number of ether oxygens (including phenoxy) is 1. The third-order valence-corrected chi connectivity index (χ3v) is 5.46. The summed E-state index contributed by atoms with van der Waals surface area (Å²) in [4.78, 5) is 0. The van der Waals surface area contributed by atoms with Crippen molar-refractivity contribution in [2.24, 2.45) is 0 Å². The summed E-state index contributed by atoms with van der Waals surface area (Å²) in [6.07, 6.45) is 1.85. The Morgan fingerprint density at radius 3 is 2.76 bits per heavy atom. The van der Waals surface area contributed by atoms with Crippen LogP contribution < -0.4 is 0 Å². The van der Waals surface area contributed by atoms with Crippen LogP contribution in [0, 0.1) is 5.82 Å². The summed E-state index contributed by atoms with van der Waals surface area (Å²) in [7, 11) is -1.06. The molecule has 0 saturated heterocycles. The van der Waals surface area contributed by atoms with Crippen molar-refractivity contribution in [1.82, 2.24) is 9.78 Å². The van der Waals surface area contributed by atoms with E-state index in [0.717, 1.165) is 28.4 Å². The lowest BCUT2D eigenvalue weighted by atomic mass is 10.1. The highest BCUT2D eigenvalue weighted by Gasteiger charge is 2.12. The fourth-order valence-corrected chi connectivity index (χ4v) is 3.01. The Morgan fingerprint density at radius 2 is 2.05 bits per heavy atom. The Hall–Kier alpha value is -0.983. The first-order chi connectivity index (χ1) is 9.85. The molecular weight excluding hydrogens is 351 g/mol. The Kier molecular flexibility index (Phi) is 5.35. The van der Waals surface area contributed by atoms with E-state index in [-0.39, 0.29) is 5.82 Å². The van der Waals surface area contributed by atoms with Crippen LogP contribution in [-0.4, -0.2) is 24.5 Å². The third-order valence-electron chi connectivity index (χ3n) is 3.06. The average molecular weight is 371 g/mol. The molecular formula is C15H20BrFN2OSi. The maximum Gasteiger partial charge on any atom is 0.139 e. The number of hydrogen-bond donors (Lipinski definition) is 0. The molecule has 1 aromatic carbocycles. The normalized spacial score (nSPS) is 11.9. The van der Waals surface area contributed by atoms with E-state index in [1.54, 1.807) is 10.7 Å². The quantitative estimate of drug-likeness (QED) is 0.541. The lowest BCUT2D eigenvalue weighted by Crippen LogP contribution is -2.22. The summed E-state index contributed by atoms with van der Waals surface area (Å²) in [5, 5.41) is 4.42. The second-order valence-electron chi connectivity index (χ2n) is 6.21. The van der Waals surface area contributed by atoms with Gasteiger partial charge < -0.3 is 4.74 Å². The van der Waals surface area contributed by atoms with Gasteiger partial charge in [0.15, 0.2) is 0 Å². The molecule has 0 radical (unpaired) electrons. The zero-order valence-corrected chi connectivity index (χ0v) is 15.2. The zero-order chi connectivity index (χ0) is 15.5. The minimum atomic E-state index is -1.06. The van der Waals surface area contributed by atoms with Gasteiger partial charge in [-0.25, -0.2) is 9.07 Å². The highest BCUT2D eigenvalue weighted by molar-refractivity contribution is 9.10. The number of aromatic nitrogens is 2. The van der Waals surface area contributed by atoms with Crippen molar-refractivity contribution >= 4 is 24.0 Å². The average Bonchev–Trinajstić information content (AvgIpc) is 2.85. The molecule has 3 nitrogen and oxygen atoms in total. The van der Waals surface area contributed by atoms with E-state index in [2.05, 4.69) is 40.7 Å². The first-order valence-corrected chi connectivity index (χ1v) is 11.4. The van der Waals surface area contributed by atoms with Crippen LogP contribution in [0.4, 0.5) is 4.39 Å². The zero-order valence-electron chi connectivity index (χ0n) is 12.6. The molecule has 0 spiro atoms. The van der Waals surface area contributed by atoms with Crippen molar-refractivity contribution in [3.8, 4) is 11.3 Å². The van der Waals surface area contributed by atoms with Crippen molar-refractivity contribution in [2.45, 2.75) is 32.4 Å². The minimum absolute atomic E-state index is 0.269. The van der Waals surface area contributed by atoms with Crippen LogP contribution in [-0.2, 0) is 11.5 Å². The van der Waals surface area contributed by atoms with Crippen molar-refractivity contribution in [3.63, 3.8) is 0 Å². The number of rotatable bonds is 6. The highest BCUT2D eigenvalue weighted by Crippen LogP contribution is 2.27. The van der Waals surface area contributed by atoms with Crippen molar-refractivity contribution in [3.05, 3.63) is 40.8 Å². The number of hydrogen-bond acceptors (Lipinski definition) is 2. The Balaban J connectivity index is 1.97. The van der Waals surface area contributed by atoms with Gasteiger partial charge >= 0.3 is 0 Å². The monoisotopic (exact) mass is 370 g/mol. The summed E-state index contributed by atoms with van der Waals surface area (Å²) < 4.78 is 21.5. The molecule has 0 amide bonds. The van der Waals surface area contributed by atoms with E-state index in [1.807, 2.05) is 12.3 Å². The number of benzene rings is 1. The molecule has 0 N–H and O–H groups in total. The van der Waals surface area contributed by atoms with E-state index >= 15 is 0 Å². The van der Waals surface area contributed by atoms with Crippen molar-refractivity contribution < 1.29 is 9.13 Å². The van der Waals surface area contributed by atoms with Crippen molar-refractivity contribution in [1.29, 1.82) is 0 Å². The molecule has 0 aliphatic rings. The predicted molar refractivity (Wildman–Crippen MR) is 89.4 cm³/mol. The van der Waals surface area contributed by atoms with Gasteiger partial charge in [-0.3, -0.25) is 0 Å². The van der Waals surface area contributed by atoms with Crippen LogP contribution in [0.3, 0.4) is 0 Å². The summed E-state index contributed by atoms with van der Waals surface area (Å²) in [6.45, 7) is 8.16. The molecule has 0 aliphatic carbocycles. The second-order valence-corrected chi connectivity index (χ2v) is 12.7. The van der Waals surface area contributed by atoms with E-state index < -0.39 is 8.07 Å². The number of halogens is 2. The van der Waals surface area contributed by atoms with Gasteiger partial charge in [-0.1, -0.05) is 35.6 Å². The molecule has 0 atom stereocenters. The smallest absolute Gasteiger partial charge is 0.139 e. The van der Waals surface area contributed by atoms with E-state index in [0.29, 0.717) is 6.73 Å². The maximum absolute atomic E-state index is 13.3. The van der Waals surface area contributed by atoms with Crippen LogP contribution in [0.5, 0.6) is 0 Å². The Bertz CT molecular complexity index is 610. The van der Waals surface area contributed by atoms with Crippen molar-refractivity contribution in [2.75, 3.05) is 6.61 Å². The third kappa shape index (κ3) is 5.05. The summed E-state index contributed by atoms with van der Waals surface area (Å²) >= 11 is 3.42. The predicted octanol–water partition coefficient (Wildman–Crippen LogP) is 4.76. The van der Waals surface area contributed by atoms with E-state index in [9.17, 15) is 4.39 Å². The van der Waals surface area contributed by atoms with Gasteiger partial charge in [-0.2, -0.15) is 5.10 Å². The first-order valence-electron chi connectivity index (χ1n) is 6.92. The molecule has 0 saturated carbocycles. The highest BCUT2D eigenvalue weighted by atomic mass is 79.9. The minimum Gasteiger partial charge on any atom is -0.360 e. The summed E-state index contributed by atoms with van der Waals surface area (Å²) in [5.41, 5.74) is 1.48. The number of nitrogens with zero attached hydrogens (tertiary/aromatic N) is 2. The summed E-state index contributed by atoms with van der Waals surface area (Å²) in [6, 6.07) is 7.58. The fourth-order valence-electron chi connectivity index (χ4n) is 1.81. The van der Waals surface area contributed by atoms with Gasteiger partial charge in [0, 0.05) is 30.9 Å². The van der Waals surface area contributed by atoms with Crippen LogP contribution in [0.1, 0.15) is 0 Å². The lowest BCUT2D eigenvalue weighted by molar-refractivity contribution is 0.0787. The van der Waals surface area contributed by atoms with Gasteiger partial charge in [0.1, 0.15) is 12.5 Å². The van der Waals surface area contributed by atoms with Gasteiger partial charge in [-0.15, -0.1) is 0 Å². The van der Waals surface area contributed by atoms with Crippen LogP contribution in [0.15, 0.2) is 34.9 Å². The first kappa shape index (κ1) is 16.4. The molecule has 0 bridgehead atoms. The molecule has 1 heterocycles. The molecule has 0 aliphatic heterocycles. The summed E-state index contributed by atoms with van der Waals surface area (Å²) in [5.74, 6) is -0.269. The molecule has 1 aromatic heterocycles. The molecule has 2 rings (SSSR count). The molecule has 114 valence electrons. The van der Waals surface area contributed by atoms with Crippen LogP contribution in [0.2, 0.25) is 25.7 Å². The van der Waals surface area contributed by atoms with E-state index in [1.165, 1.54) is 12.1 Å². The molecule has 6 heteroatoms. The van der Waals surface area contributed by atoms with Crippen LogP contribution in [0.25, 0.3) is 11.3 Å². The topological polar surface area (TPSA) is 27.1 Å². The van der Waals surface area contributed by atoms with Gasteiger partial charge in [0.2, 0.25) is 0 Å². The lowest BCUT2D eigenvalue weighted by Gasteiger charge is -2.15. The van der Waals surface area contributed by atoms with Gasteiger partial charge in [0.05, 0.1) is 5.69 Å². The van der Waals surface area contributed by atoms with Gasteiger partial charge in [-0.05, 0) is 30.3 Å². The molecule has 0 fully saturated rings. The fraction of sp³-hybridized carbons (Fsp3) is 0.400. The van der Waals surface area contributed by atoms with Gasteiger partial charge in [0.25, 0.3) is 0 Å². The Morgan fingerprint density at radius 1 is 1.29 bits per heavy atom. The standard InChI is InChI=1S/C15H20BrFN2OSi/c1-21(2,3)9-8-20-11-19-7-6-15(18-19)13-10-12(17)4-5-14(13)16/h4-7,10H,8-9,11H2,1-3H3. The largest absolute Gasteiger partial charge is 0.360 e. The molecule has 2 aromatic rings. The molecule has 21 heavy (non-hydrogen) atoms. The second kappa shape index (κ2) is 6.85. The maximum atomic E-state index is 13.3. The molecule has 0 unspecified atom stereocenters. The SMILES string of the molecule is C[Si](C)(C)CCOCn1ccc(-c2cc(F)ccc2Br)n1.